The van der Waals surface area contributed by atoms with Crippen molar-refractivity contribution in [3.05, 3.63) is 23.5 Å². The lowest BCUT2D eigenvalue weighted by Gasteiger charge is -2.11. The number of carbonyl (C=O) groups is 1. The summed E-state index contributed by atoms with van der Waals surface area (Å²) in [5.74, 6) is -0.573. The van der Waals surface area contributed by atoms with Gasteiger partial charge >= 0.3 is 6.18 Å². The van der Waals surface area contributed by atoms with E-state index in [2.05, 4.69) is 15.6 Å². The Balaban J connectivity index is 2.67. The normalized spacial score (nSPS) is 11.2. The van der Waals surface area contributed by atoms with Gasteiger partial charge in [-0.1, -0.05) is 0 Å². The van der Waals surface area contributed by atoms with E-state index in [0.29, 0.717) is 11.4 Å². The highest BCUT2D eigenvalue weighted by molar-refractivity contribution is 5.99. The molecule has 0 spiro atoms. The molecular formula is C11H14F3N3O. The molecule has 0 radical (unpaired) electrons. The first-order chi connectivity index (χ1) is 8.33. The van der Waals surface area contributed by atoms with E-state index >= 15 is 0 Å². The predicted molar refractivity (Wildman–Crippen MR) is 61.5 cm³/mol. The van der Waals surface area contributed by atoms with E-state index in [0.717, 1.165) is 0 Å². The van der Waals surface area contributed by atoms with Gasteiger partial charge in [0.05, 0.1) is 17.7 Å². The standard InChI is InChI=1S/C11H14F3N3O/c1-7-5-9(15-2)8(6-17-7)10(18)16-4-3-11(12,13)14/h5-6H,3-4H2,1-2H3,(H,15,17)(H,16,18). The monoisotopic (exact) mass is 261 g/mol. The topological polar surface area (TPSA) is 54.0 Å². The van der Waals surface area contributed by atoms with E-state index in [1.54, 1.807) is 20.0 Å². The third kappa shape index (κ3) is 4.23. The lowest BCUT2D eigenvalue weighted by molar-refractivity contribution is -0.132. The Kier molecular flexibility index (Phi) is 4.52. The van der Waals surface area contributed by atoms with Gasteiger partial charge in [-0.15, -0.1) is 0 Å². The SMILES string of the molecule is CNc1cc(C)ncc1C(=O)NCCC(F)(F)F. The minimum absolute atomic E-state index is 0.227. The second kappa shape index (κ2) is 5.70. The molecule has 0 unspecified atom stereocenters. The number of aromatic nitrogens is 1. The Hall–Kier alpha value is -1.79. The van der Waals surface area contributed by atoms with Crippen molar-refractivity contribution < 1.29 is 18.0 Å². The third-order valence-electron chi connectivity index (χ3n) is 2.25. The Morgan fingerprint density at radius 3 is 2.67 bits per heavy atom. The van der Waals surface area contributed by atoms with Crippen molar-refractivity contribution in [1.82, 2.24) is 10.3 Å². The van der Waals surface area contributed by atoms with Gasteiger partial charge in [0.25, 0.3) is 5.91 Å². The van der Waals surface area contributed by atoms with Gasteiger partial charge in [-0.3, -0.25) is 9.78 Å². The summed E-state index contributed by atoms with van der Waals surface area (Å²) in [6.45, 7) is 1.31. The predicted octanol–water partition coefficient (Wildman–Crippen LogP) is 2.11. The minimum Gasteiger partial charge on any atom is -0.387 e. The van der Waals surface area contributed by atoms with Gasteiger partial charge < -0.3 is 10.6 Å². The summed E-state index contributed by atoms with van der Waals surface area (Å²) < 4.78 is 35.8. The lowest BCUT2D eigenvalue weighted by Crippen LogP contribution is -2.28. The van der Waals surface area contributed by atoms with E-state index in [-0.39, 0.29) is 5.56 Å². The van der Waals surface area contributed by atoms with Crippen molar-refractivity contribution in [3.8, 4) is 0 Å². The molecule has 0 bridgehead atoms. The Bertz CT molecular complexity index is 432. The van der Waals surface area contributed by atoms with Crippen LogP contribution >= 0.6 is 0 Å². The Morgan fingerprint density at radius 1 is 1.44 bits per heavy atom. The molecule has 0 aromatic carbocycles. The van der Waals surface area contributed by atoms with E-state index in [9.17, 15) is 18.0 Å². The summed E-state index contributed by atoms with van der Waals surface area (Å²) >= 11 is 0. The summed E-state index contributed by atoms with van der Waals surface area (Å²) in [7, 11) is 1.63. The van der Waals surface area contributed by atoms with Gasteiger partial charge in [0.1, 0.15) is 0 Å². The van der Waals surface area contributed by atoms with Crippen molar-refractivity contribution in [2.45, 2.75) is 19.5 Å². The van der Waals surface area contributed by atoms with Crippen molar-refractivity contribution in [1.29, 1.82) is 0 Å². The first-order valence-electron chi connectivity index (χ1n) is 5.33. The largest absolute Gasteiger partial charge is 0.390 e. The summed E-state index contributed by atoms with van der Waals surface area (Å²) in [5.41, 5.74) is 1.48. The van der Waals surface area contributed by atoms with E-state index in [4.69, 9.17) is 0 Å². The fourth-order valence-electron chi connectivity index (χ4n) is 1.36. The molecule has 1 amide bonds. The van der Waals surface area contributed by atoms with Crippen LogP contribution in [0.15, 0.2) is 12.3 Å². The number of aryl methyl sites for hydroxylation is 1. The molecule has 1 rings (SSSR count). The fraction of sp³-hybridized carbons (Fsp3) is 0.455. The third-order valence-corrected chi connectivity index (χ3v) is 2.25. The highest BCUT2D eigenvalue weighted by Gasteiger charge is 2.26. The molecule has 0 aliphatic carbocycles. The summed E-state index contributed by atoms with van der Waals surface area (Å²) in [5, 5.41) is 5.01. The molecule has 0 aliphatic rings. The molecule has 0 atom stereocenters. The molecule has 0 fully saturated rings. The molecular weight excluding hydrogens is 247 g/mol. The number of alkyl halides is 3. The number of hydrogen-bond donors (Lipinski definition) is 2. The van der Waals surface area contributed by atoms with Crippen molar-refractivity contribution in [3.63, 3.8) is 0 Å². The molecule has 1 aromatic heterocycles. The quantitative estimate of drug-likeness (QED) is 0.872. The van der Waals surface area contributed by atoms with Crippen molar-refractivity contribution in [2.24, 2.45) is 0 Å². The zero-order valence-corrected chi connectivity index (χ0v) is 10.1. The average molecular weight is 261 g/mol. The zero-order chi connectivity index (χ0) is 13.8. The van der Waals surface area contributed by atoms with Gasteiger partial charge in [-0.25, -0.2) is 0 Å². The molecule has 2 N–H and O–H groups in total. The van der Waals surface area contributed by atoms with Crippen LogP contribution in [0, 0.1) is 6.92 Å². The van der Waals surface area contributed by atoms with Gasteiger partial charge in [-0.2, -0.15) is 13.2 Å². The highest BCUT2D eigenvalue weighted by Crippen LogP contribution is 2.19. The smallest absolute Gasteiger partial charge is 0.387 e. The number of rotatable bonds is 4. The van der Waals surface area contributed by atoms with Gasteiger partial charge in [0.15, 0.2) is 0 Å². The van der Waals surface area contributed by atoms with Crippen LogP contribution in [-0.2, 0) is 0 Å². The molecule has 100 valence electrons. The van der Waals surface area contributed by atoms with Gasteiger partial charge in [0.2, 0.25) is 0 Å². The van der Waals surface area contributed by atoms with Crippen molar-refractivity contribution in [2.75, 3.05) is 18.9 Å². The second-order valence-corrected chi connectivity index (χ2v) is 3.74. The van der Waals surface area contributed by atoms with Crippen LogP contribution in [0.3, 0.4) is 0 Å². The maximum absolute atomic E-state index is 11.9. The second-order valence-electron chi connectivity index (χ2n) is 3.74. The van der Waals surface area contributed by atoms with E-state index < -0.39 is 25.0 Å². The zero-order valence-electron chi connectivity index (χ0n) is 10.1. The van der Waals surface area contributed by atoms with E-state index in [1.807, 2.05) is 0 Å². The number of amides is 1. The Morgan fingerprint density at radius 2 is 2.11 bits per heavy atom. The number of nitrogens with one attached hydrogen (secondary N) is 2. The number of hydrogen-bond acceptors (Lipinski definition) is 3. The number of anilines is 1. The minimum atomic E-state index is -4.27. The maximum atomic E-state index is 11.9. The van der Waals surface area contributed by atoms with Crippen LogP contribution in [0.2, 0.25) is 0 Å². The number of nitrogens with zero attached hydrogens (tertiary/aromatic N) is 1. The molecule has 18 heavy (non-hydrogen) atoms. The lowest BCUT2D eigenvalue weighted by atomic mass is 10.2. The van der Waals surface area contributed by atoms with Crippen LogP contribution in [0.4, 0.5) is 18.9 Å². The van der Waals surface area contributed by atoms with Crippen LogP contribution in [0.1, 0.15) is 22.5 Å². The summed E-state index contributed by atoms with van der Waals surface area (Å²) in [6.07, 6.45) is -3.98. The highest BCUT2D eigenvalue weighted by atomic mass is 19.4. The molecule has 4 nitrogen and oxygen atoms in total. The molecule has 1 aromatic rings. The van der Waals surface area contributed by atoms with Crippen LogP contribution < -0.4 is 10.6 Å². The molecule has 7 heteroatoms. The molecule has 1 heterocycles. The first-order valence-corrected chi connectivity index (χ1v) is 5.33. The van der Waals surface area contributed by atoms with Crippen LogP contribution in [-0.4, -0.2) is 30.7 Å². The fourth-order valence-corrected chi connectivity index (χ4v) is 1.36. The molecule has 0 saturated carbocycles. The van der Waals surface area contributed by atoms with Gasteiger partial charge in [0, 0.05) is 25.5 Å². The van der Waals surface area contributed by atoms with Crippen LogP contribution in [0.25, 0.3) is 0 Å². The van der Waals surface area contributed by atoms with E-state index in [1.165, 1.54) is 6.20 Å². The van der Waals surface area contributed by atoms with Crippen LogP contribution in [0.5, 0.6) is 0 Å². The number of halogens is 3. The number of carbonyl (C=O) groups excluding carboxylic acids is 1. The maximum Gasteiger partial charge on any atom is 0.390 e. The van der Waals surface area contributed by atoms with Crippen molar-refractivity contribution >= 4 is 11.6 Å². The Labute approximate surface area is 103 Å². The van der Waals surface area contributed by atoms with Gasteiger partial charge in [-0.05, 0) is 13.0 Å². The first kappa shape index (κ1) is 14.3. The average Bonchev–Trinajstić information content (AvgIpc) is 2.26. The molecule has 0 saturated heterocycles. The summed E-state index contributed by atoms with van der Waals surface area (Å²) in [4.78, 5) is 15.6. The number of pyridine rings is 1. The summed E-state index contributed by atoms with van der Waals surface area (Å²) in [6, 6.07) is 1.65. The molecule has 0 aliphatic heterocycles.